The Hall–Kier alpha value is -3.10. The summed E-state index contributed by atoms with van der Waals surface area (Å²) in [5, 5.41) is 13.1. The van der Waals surface area contributed by atoms with Crippen molar-refractivity contribution in [2.24, 2.45) is 0 Å². The van der Waals surface area contributed by atoms with Crippen LogP contribution in [0.3, 0.4) is 0 Å². The Bertz CT molecular complexity index is 758. The average molecular weight is 331 g/mol. The number of rotatable bonds is 5. The SMILES string of the molecule is CC(=O)NCCNC(=O)c1cn(-c2ccc3c(c2)OCCO3)nn1. The lowest BCUT2D eigenvalue weighted by atomic mass is 10.2. The van der Waals surface area contributed by atoms with Crippen molar-refractivity contribution in [1.82, 2.24) is 25.6 Å². The number of ether oxygens (including phenoxy) is 2. The van der Waals surface area contributed by atoms with E-state index in [0.717, 1.165) is 0 Å². The zero-order valence-corrected chi connectivity index (χ0v) is 13.1. The van der Waals surface area contributed by atoms with E-state index in [-0.39, 0.29) is 17.5 Å². The minimum Gasteiger partial charge on any atom is -0.486 e. The molecule has 0 saturated heterocycles. The molecule has 0 atom stereocenters. The normalized spacial score (nSPS) is 12.5. The highest BCUT2D eigenvalue weighted by Crippen LogP contribution is 2.31. The summed E-state index contributed by atoms with van der Waals surface area (Å²) < 4.78 is 12.5. The summed E-state index contributed by atoms with van der Waals surface area (Å²) in [6, 6.07) is 5.38. The van der Waals surface area contributed by atoms with Crippen LogP contribution in [0, 0.1) is 0 Å². The van der Waals surface area contributed by atoms with Crippen LogP contribution in [0.25, 0.3) is 5.69 Å². The molecule has 2 N–H and O–H groups in total. The largest absolute Gasteiger partial charge is 0.486 e. The maximum Gasteiger partial charge on any atom is 0.273 e. The standard InChI is InChI=1S/C15H17N5O4/c1-10(21)16-4-5-17-15(22)12-9-20(19-18-12)11-2-3-13-14(8-11)24-7-6-23-13/h2-3,8-9H,4-7H2,1H3,(H,16,21)(H,17,22). The highest BCUT2D eigenvalue weighted by molar-refractivity contribution is 5.91. The van der Waals surface area contributed by atoms with Crippen molar-refractivity contribution < 1.29 is 19.1 Å². The van der Waals surface area contributed by atoms with Crippen LogP contribution in [0.5, 0.6) is 11.5 Å². The molecule has 3 rings (SSSR count). The number of aromatic nitrogens is 3. The van der Waals surface area contributed by atoms with E-state index in [0.29, 0.717) is 43.5 Å². The van der Waals surface area contributed by atoms with Crippen LogP contribution >= 0.6 is 0 Å². The van der Waals surface area contributed by atoms with Crippen molar-refractivity contribution in [2.75, 3.05) is 26.3 Å². The predicted octanol–water partition coefficient (Wildman–Crippen LogP) is -0.0956. The number of nitrogens with one attached hydrogen (secondary N) is 2. The molecule has 0 spiro atoms. The van der Waals surface area contributed by atoms with Gasteiger partial charge < -0.3 is 20.1 Å². The van der Waals surface area contributed by atoms with Crippen molar-refractivity contribution >= 4 is 11.8 Å². The number of benzene rings is 1. The third-order valence-electron chi connectivity index (χ3n) is 3.30. The molecule has 0 saturated carbocycles. The summed E-state index contributed by atoms with van der Waals surface area (Å²) in [4.78, 5) is 22.7. The first-order valence-electron chi connectivity index (χ1n) is 7.48. The monoisotopic (exact) mass is 331 g/mol. The summed E-state index contributed by atoms with van der Waals surface area (Å²) in [7, 11) is 0. The Labute approximate surface area is 137 Å². The zero-order valence-electron chi connectivity index (χ0n) is 13.1. The molecule has 1 aromatic carbocycles. The molecule has 9 nitrogen and oxygen atoms in total. The molecule has 0 fully saturated rings. The third kappa shape index (κ3) is 3.62. The fourth-order valence-electron chi connectivity index (χ4n) is 2.17. The van der Waals surface area contributed by atoms with E-state index in [4.69, 9.17) is 9.47 Å². The molecule has 0 aliphatic carbocycles. The van der Waals surface area contributed by atoms with Gasteiger partial charge in [0.1, 0.15) is 13.2 Å². The predicted molar refractivity (Wildman–Crippen MR) is 83.4 cm³/mol. The highest BCUT2D eigenvalue weighted by Gasteiger charge is 2.15. The number of hydrogen-bond donors (Lipinski definition) is 2. The molecule has 2 amide bonds. The molecule has 0 unspecified atom stereocenters. The van der Waals surface area contributed by atoms with Gasteiger partial charge >= 0.3 is 0 Å². The summed E-state index contributed by atoms with van der Waals surface area (Å²) in [6.07, 6.45) is 1.53. The van der Waals surface area contributed by atoms with Crippen molar-refractivity contribution in [1.29, 1.82) is 0 Å². The topological polar surface area (TPSA) is 107 Å². The number of carbonyl (C=O) groups is 2. The van der Waals surface area contributed by atoms with Crippen molar-refractivity contribution in [2.45, 2.75) is 6.92 Å². The molecule has 24 heavy (non-hydrogen) atoms. The second-order valence-corrected chi connectivity index (χ2v) is 5.12. The molecule has 9 heteroatoms. The summed E-state index contributed by atoms with van der Waals surface area (Å²) in [5.74, 6) is 0.814. The van der Waals surface area contributed by atoms with Crippen LogP contribution in [0.4, 0.5) is 0 Å². The van der Waals surface area contributed by atoms with E-state index in [1.165, 1.54) is 17.8 Å². The minimum atomic E-state index is -0.357. The fraction of sp³-hybridized carbons (Fsp3) is 0.333. The maximum absolute atomic E-state index is 12.0. The molecule has 0 radical (unpaired) electrons. The Morgan fingerprint density at radius 1 is 1.17 bits per heavy atom. The molecule has 0 bridgehead atoms. The smallest absolute Gasteiger partial charge is 0.273 e. The van der Waals surface area contributed by atoms with Crippen LogP contribution < -0.4 is 20.1 Å². The van der Waals surface area contributed by atoms with E-state index in [2.05, 4.69) is 20.9 Å². The minimum absolute atomic E-state index is 0.145. The first-order valence-corrected chi connectivity index (χ1v) is 7.48. The van der Waals surface area contributed by atoms with E-state index in [9.17, 15) is 9.59 Å². The molecular formula is C15H17N5O4. The Morgan fingerprint density at radius 3 is 2.71 bits per heavy atom. The van der Waals surface area contributed by atoms with Crippen LogP contribution in [0.15, 0.2) is 24.4 Å². The van der Waals surface area contributed by atoms with Gasteiger partial charge in [0.15, 0.2) is 17.2 Å². The van der Waals surface area contributed by atoms with Crippen LogP contribution in [-0.4, -0.2) is 53.1 Å². The Balaban J connectivity index is 1.64. The van der Waals surface area contributed by atoms with Gasteiger partial charge in [-0.3, -0.25) is 9.59 Å². The van der Waals surface area contributed by atoms with Gasteiger partial charge in [-0.25, -0.2) is 4.68 Å². The molecule has 1 aliphatic rings. The van der Waals surface area contributed by atoms with Crippen LogP contribution in [0.2, 0.25) is 0 Å². The van der Waals surface area contributed by atoms with Gasteiger partial charge in [0.2, 0.25) is 5.91 Å². The molecule has 1 aliphatic heterocycles. The van der Waals surface area contributed by atoms with E-state index < -0.39 is 0 Å². The number of nitrogens with zero attached hydrogens (tertiary/aromatic N) is 3. The van der Waals surface area contributed by atoms with E-state index in [1.807, 2.05) is 0 Å². The first-order chi connectivity index (χ1) is 11.6. The lowest BCUT2D eigenvalue weighted by Gasteiger charge is -2.18. The third-order valence-corrected chi connectivity index (χ3v) is 3.30. The average Bonchev–Trinajstić information content (AvgIpc) is 3.08. The van der Waals surface area contributed by atoms with Gasteiger partial charge in [-0.2, -0.15) is 0 Å². The van der Waals surface area contributed by atoms with Crippen LogP contribution in [-0.2, 0) is 4.79 Å². The molecule has 1 aromatic heterocycles. The van der Waals surface area contributed by atoms with Crippen molar-refractivity contribution in [3.05, 3.63) is 30.1 Å². The molecule has 2 aromatic rings. The second kappa shape index (κ2) is 6.99. The van der Waals surface area contributed by atoms with Gasteiger partial charge in [0.05, 0.1) is 11.9 Å². The summed E-state index contributed by atoms with van der Waals surface area (Å²) >= 11 is 0. The molecule has 2 heterocycles. The lowest BCUT2D eigenvalue weighted by molar-refractivity contribution is -0.118. The van der Waals surface area contributed by atoms with Gasteiger partial charge in [0.25, 0.3) is 5.91 Å². The Kier molecular flexibility index (Phi) is 4.59. The van der Waals surface area contributed by atoms with E-state index in [1.54, 1.807) is 18.2 Å². The lowest BCUT2D eigenvalue weighted by Crippen LogP contribution is -2.33. The van der Waals surface area contributed by atoms with Crippen molar-refractivity contribution in [3.8, 4) is 17.2 Å². The maximum atomic E-state index is 12.0. The number of hydrogen-bond acceptors (Lipinski definition) is 6. The number of amides is 2. The zero-order chi connectivity index (χ0) is 16.9. The number of fused-ring (bicyclic) bond motifs is 1. The Morgan fingerprint density at radius 2 is 1.92 bits per heavy atom. The molecule has 126 valence electrons. The van der Waals surface area contributed by atoms with Gasteiger partial charge in [-0.1, -0.05) is 5.21 Å². The summed E-state index contributed by atoms with van der Waals surface area (Å²) in [6.45, 7) is 3.11. The van der Waals surface area contributed by atoms with E-state index >= 15 is 0 Å². The first kappa shape index (κ1) is 15.8. The summed E-state index contributed by atoms with van der Waals surface area (Å²) in [5.41, 5.74) is 0.900. The van der Waals surface area contributed by atoms with Gasteiger partial charge in [-0.15, -0.1) is 5.10 Å². The second-order valence-electron chi connectivity index (χ2n) is 5.12. The van der Waals surface area contributed by atoms with Gasteiger partial charge in [-0.05, 0) is 12.1 Å². The number of carbonyl (C=O) groups excluding carboxylic acids is 2. The van der Waals surface area contributed by atoms with Crippen LogP contribution in [0.1, 0.15) is 17.4 Å². The quantitative estimate of drug-likeness (QED) is 0.741. The highest BCUT2D eigenvalue weighted by atomic mass is 16.6. The fourth-order valence-corrected chi connectivity index (χ4v) is 2.17. The van der Waals surface area contributed by atoms with Crippen molar-refractivity contribution in [3.63, 3.8) is 0 Å². The molecular weight excluding hydrogens is 314 g/mol. The van der Waals surface area contributed by atoms with Gasteiger partial charge in [0, 0.05) is 26.1 Å².